The van der Waals surface area contributed by atoms with Crippen LogP contribution < -0.4 is 5.32 Å². The molecule has 0 aliphatic carbocycles. The Labute approximate surface area is 146 Å². The van der Waals surface area contributed by atoms with Crippen molar-refractivity contribution in [2.24, 2.45) is 7.05 Å². The van der Waals surface area contributed by atoms with E-state index in [4.69, 9.17) is 0 Å². The van der Waals surface area contributed by atoms with E-state index in [2.05, 4.69) is 20.3 Å². The monoisotopic (exact) mass is 347 g/mol. The first-order valence-electron chi connectivity index (χ1n) is 8.66. The van der Waals surface area contributed by atoms with Crippen LogP contribution in [0.1, 0.15) is 54.5 Å². The van der Waals surface area contributed by atoms with E-state index in [1.807, 2.05) is 18.4 Å². The van der Waals surface area contributed by atoms with Crippen LogP contribution in [0.5, 0.6) is 0 Å². The fourth-order valence-electron chi connectivity index (χ4n) is 3.03. The van der Waals surface area contributed by atoms with Gasteiger partial charge >= 0.3 is 0 Å². The van der Waals surface area contributed by atoms with Gasteiger partial charge in [0, 0.05) is 19.0 Å². The third-order valence-electron chi connectivity index (χ3n) is 4.38. The van der Waals surface area contributed by atoms with Crippen molar-refractivity contribution in [2.45, 2.75) is 45.6 Å². The topological polar surface area (TPSA) is 63.1 Å². The van der Waals surface area contributed by atoms with Crippen molar-refractivity contribution < 1.29 is 4.79 Å². The largest absolute Gasteiger partial charge is 0.297 e. The third-order valence-corrected chi connectivity index (χ3v) is 5.19. The average Bonchev–Trinajstić information content (AvgIpc) is 3.06. The van der Waals surface area contributed by atoms with Crippen LogP contribution in [0, 0.1) is 0 Å². The van der Waals surface area contributed by atoms with Crippen molar-refractivity contribution in [3.63, 3.8) is 0 Å². The van der Waals surface area contributed by atoms with Crippen LogP contribution in [0.2, 0.25) is 0 Å². The molecular formula is C17H25N5OS. The highest BCUT2D eigenvalue weighted by Crippen LogP contribution is 2.19. The van der Waals surface area contributed by atoms with Gasteiger partial charge in [-0.25, -0.2) is 4.98 Å². The first-order chi connectivity index (χ1) is 11.7. The quantitative estimate of drug-likeness (QED) is 0.903. The molecule has 7 heteroatoms. The SMILES string of the molecule is CCc1cc(C(=O)Nc2nc(CN3CCCCCC3)cs2)n(C)n1. The number of nitrogens with one attached hydrogen (secondary N) is 1. The van der Waals surface area contributed by atoms with Gasteiger partial charge in [0.15, 0.2) is 5.13 Å². The minimum absolute atomic E-state index is 0.152. The van der Waals surface area contributed by atoms with Crippen LogP contribution in [0.25, 0.3) is 0 Å². The molecule has 1 aliphatic heterocycles. The third kappa shape index (κ3) is 4.21. The molecule has 1 amide bonds. The second-order valence-corrected chi connectivity index (χ2v) is 7.14. The molecule has 0 saturated carbocycles. The zero-order valence-corrected chi connectivity index (χ0v) is 15.2. The summed E-state index contributed by atoms with van der Waals surface area (Å²) < 4.78 is 1.62. The molecule has 0 aromatic carbocycles. The van der Waals surface area contributed by atoms with Crippen LogP contribution in [-0.4, -0.2) is 38.7 Å². The van der Waals surface area contributed by atoms with E-state index in [1.165, 1.54) is 37.0 Å². The van der Waals surface area contributed by atoms with Gasteiger partial charge in [-0.3, -0.25) is 19.7 Å². The normalized spacial score (nSPS) is 16.1. The lowest BCUT2D eigenvalue weighted by Crippen LogP contribution is -2.24. The second kappa shape index (κ2) is 7.90. The van der Waals surface area contributed by atoms with Crippen LogP contribution in [0.15, 0.2) is 11.4 Å². The van der Waals surface area contributed by atoms with Gasteiger partial charge in [0.1, 0.15) is 5.69 Å². The van der Waals surface area contributed by atoms with E-state index in [0.29, 0.717) is 10.8 Å². The average molecular weight is 347 g/mol. The number of amides is 1. The molecule has 0 bridgehead atoms. The predicted octanol–water partition coefficient (Wildman–Crippen LogP) is 3.07. The molecule has 2 aromatic rings. The Balaban J connectivity index is 1.60. The summed E-state index contributed by atoms with van der Waals surface area (Å²) in [6.45, 7) is 5.19. The fourth-order valence-corrected chi connectivity index (χ4v) is 3.73. The Hall–Kier alpha value is -1.73. The number of anilines is 1. The maximum absolute atomic E-state index is 12.4. The highest BCUT2D eigenvalue weighted by Gasteiger charge is 2.16. The summed E-state index contributed by atoms with van der Waals surface area (Å²) in [5.41, 5.74) is 2.52. The van der Waals surface area contributed by atoms with Crippen molar-refractivity contribution in [1.82, 2.24) is 19.7 Å². The lowest BCUT2D eigenvalue weighted by Gasteiger charge is -2.17. The van der Waals surface area contributed by atoms with E-state index in [9.17, 15) is 4.79 Å². The minimum atomic E-state index is -0.152. The second-order valence-electron chi connectivity index (χ2n) is 6.29. The highest BCUT2D eigenvalue weighted by molar-refractivity contribution is 7.13. The van der Waals surface area contributed by atoms with Crippen LogP contribution in [0.4, 0.5) is 5.13 Å². The Bertz CT molecular complexity index is 685. The Morgan fingerprint density at radius 1 is 1.25 bits per heavy atom. The lowest BCUT2D eigenvalue weighted by atomic mass is 10.2. The Morgan fingerprint density at radius 2 is 2.00 bits per heavy atom. The summed E-state index contributed by atoms with van der Waals surface area (Å²) >= 11 is 1.49. The maximum atomic E-state index is 12.4. The first-order valence-corrected chi connectivity index (χ1v) is 9.54. The van der Waals surface area contributed by atoms with Crippen molar-refractivity contribution in [3.05, 3.63) is 28.5 Å². The molecule has 0 radical (unpaired) electrons. The molecule has 0 atom stereocenters. The molecule has 24 heavy (non-hydrogen) atoms. The number of aryl methyl sites for hydroxylation is 2. The summed E-state index contributed by atoms with van der Waals surface area (Å²) in [7, 11) is 1.79. The molecule has 2 aromatic heterocycles. The Kier molecular flexibility index (Phi) is 5.63. The van der Waals surface area contributed by atoms with E-state index < -0.39 is 0 Å². The molecular weight excluding hydrogens is 322 g/mol. The van der Waals surface area contributed by atoms with Crippen molar-refractivity contribution in [3.8, 4) is 0 Å². The number of hydrogen-bond donors (Lipinski definition) is 1. The number of hydrogen-bond acceptors (Lipinski definition) is 5. The summed E-state index contributed by atoms with van der Waals surface area (Å²) in [6.07, 6.45) is 6.03. The molecule has 0 unspecified atom stereocenters. The highest BCUT2D eigenvalue weighted by atomic mass is 32.1. The van der Waals surface area contributed by atoms with E-state index in [0.717, 1.165) is 37.4 Å². The van der Waals surface area contributed by atoms with Crippen molar-refractivity contribution in [2.75, 3.05) is 18.4 Å². The number of aromatic nitrogens is 3. The summed E-state index contributed by atoms with van der Waals surface area (Å²) in [4.78, 5) is 19.4. The number of carbonyl (C=O) groups excluding carboxylic acids is 1. The van der Waals surface area contributed by atoms with E-state index in [1.54, 1.807) is 11.7 Å². The van der Waals surface area contributed by atoms with Gasteiger partial charge < -0.3 is 0 Å². The number of nitrogens with zero attached hydrogens (tertiary/aromatic N) is 4. The molecule has 1 aliphatic rings. The zero-order chi connectivity index (χ0) is 16.9. The van der Waals surface area contributed by atoms with Gasteiger partial charge in [-0.1, -0.05) is 19.8 Å². The lowest BCUT2D eigenvalue weighted by molar-refractivity contribution is 0.101. The molecule has 1 fully saturated rings. The van der Waals surface area contributed by atoms with Crippen molar-refractivity contribution in [1.29, 1.82) is 0 Å². The van der Waals surface area contributed by atoms with E-state index in [-0.39, 0.29) is 5.91 Å². The van der Waals surface area contributed by atoms with Crippen LogP contribution >= 0.6 is 11.3 Å². The predicted molar refractivity (Wildman–Crippen MR) is 96.4 cm³/mol. The van der Waals surface area contributed by atoms with Gasteiger partial charge in [-0.05, 0) is 38.4 Å². The minimum Gasteiger partial charge on any atom is -0.297 e. The fraction of sp³-hybridized carbons (Fsp3) is 0.588. The van der Waals surface area contributed by atoms with Crippen LogP contribution in [-0.2, 0) is 20.0 Å². The molecule has 3 rings (SSSR count). The van der Waals surface area contributed by atoms with Gasteiger partial charge in [0.2, 0.25) is 0 Å². The summed E-state index contributed by atoms with van der Waals surface area (Å²) in [5.74, 6) is -0.152. The number of rotatable bonds is 5. The number of carbonyl (C=O) groups is 1. The van der Waals surface area contributed by atoms with Gasteiger partial charge in [0.05, 0.1) is 11.4 Å². The molecule has 1 N–H and O–H groups in total. The molecule has 130 valence electrons. The molecule has 0 spiro atoms. The van der Waals surface area contributed by atoms with Crippen molar-refractivity contribution >= 4 is 22.4 Å². The molecule has 6 nitrogen and oxygen atoms in total. The molecule has 3 heterocycles. The van der Waals surface area contributed by atoms with Gasteiger partial charge in [0.25, 0.3) is 5.91 Å². The maximum Gasteiger partial charge on any atom is 0.275 e. The standard InChI is InChI=1S/C17H25N5OS/c1-3-13-10-15(21(2)20-13)16(23)19-17-18-14(12-24-17)11-22-8-6-4-5-7-9-22/h10,12H,3-9,11H2,1-2H3,(H,18,19,23). The number of thiazole rings is 1. The smallest absolute Gasteiger partial charge is 0.275 e. The summed E-state index contributed by atoms with van der Waals surface area (Å²) in [5, 5.41) is 9.91. The first kappa shape index (κ1) is 17.1. The van der Waals surface area contributed by atoms with Crippen LogP contribution in [0.3, 0.4) is 0 Å². The van der Waals surface area contributed by atoms with Gasteiger partial charge in [-0.2, -0.15) is 5.10 Å². The zero-order valence-electron chi connectivity index (χ0n) is 14.4. The molecule has 1 saturated heterocycles. The summed E-state index contributed by atoms with van der Waals surface area (Å²) in [6, 6.07) is 1.83. The Morgan fingerprint density at radius 3 is 2.67 bits per heavy atom. The van der Waals surface area contributed by atoms with E-state index >= 15 is 0 Å². The van der Waals surface area contributed by atoms with Gasteiger partial charge in [-0.15, -0.1) is 11.3 Å². The number of likely N-dealkylation sites (tertiary alicyclic amines) is 1.